The Hall–Kier alpha value is -4.14. The van der Waals surface area contributed by atoms with Gasteiger partial charge in [0.1, 0.15) is 11.4 Å². The summed E-state index contributed by atoms with van der Waals surface area (Å²) in [5.74, 6) is 0.123. The summed E-state index contributed by atoms with van der Waals surface area (Å²) in [4.78, 5) is 41.2. The molecule has 2 aromatic carbocycles. The molecular weight excluding hydrogens is 446 g/mol. The molecule has 0 aliphatic carbocycles. The van der Waals surface area contributed by atoms with E-state index < -0.39 is 5.91 Å². The summed E-state index contributed by atoms with van der Waals surface area (Å²) < 4.78 is 6.83. The van der Waals surface area contributed by atoms with Crippen molar-refractivity contribution in [2.24, 2.45) is 5.73 Å². The summed E-state index contributed by atoms with van der Waals surface area (Å²) in [5.41, 5.74) is 9.42. The zero-order valence-electron chi connectivity index (χ0n) is 19.6. The van der Waals surface area contributed by atoms with Gasteiger partial charge >= 0.3 is 0 Å². The molecule has 0 radical (unpaired) electrons. The van der Waals surface area contributed by atoms with Crippen LogP contribution in [0, 0.1) is 0 Å². The Bertz CT molecular complexity index is 1280. The molecule has 3 heterocycles. The molecule has 0 atom stereocenters. The highest BCUT2D eigenvalue weighted by Crippen LogP contribution is 2.31. The molecule has 5 rings (SSSR count). The topological polar surface area (TPSA) is 111 Å². The first-order chi connectivity index (χ1) is 17.0. The van der Waals surface area contributed by atoms with Gasteiger partial charge in [0.2, 0.25) is 11.8 Å². The molecule has 0 spiro atoms. The molecule has 1 fully saturated rings. The number of carbonyl (C=O) groups is 3. The van der Waals surface area contributed by atoms with Gasteiger partial charge in [-0.25, -0.2) is 4.68 Å². The Morgan fingerprint density at radius 3 is 2.20 bits per heavy atom. The summed E-state index contributed by atoms with van der Waals surface area (Å²) in [7, 11) is 1.59. The van der Waals surface area contributed by atoms with Gasteiger partial charge in [-0.15, -0.1) is 0 Å². The number of ether oxygens (including phenoxy) is 1. The van der Waals surface area contributed by atoms with Gasteiger partial charge in [0, 0.05) is 36.4 Å². The lowest BCUT2D eigenvalue weighted by molar-refractivity contribution is -0.119. The molecule has 0 unspecified atom stereocenters. The van der Waals surface area contributed by atoms with Gasteiger partial charge in [-0.1, -0.05) is 0 Å². The maximum Gasteiger partial charge on any atom is 0.277 e. The van der Waals surface area contributed by atoms with Crippen LogP contribution in [0.25, 0.3) is 5.69 Å². The number of methoxy groups -OCH3 is 1. The quantitative estimate of drug-likeness (QED) is 0.592. The fourth-order valence-electron chi connectivity index (χ4n) is 4.79. The fraction of sp³-hybridized carbons (Fsp3) is 0.308. The molecule has 3 amide bonds. The molecule has 2 aliphatic rings. The minimum absolute atomic E-state index is 0.0304. The highest BCUT2D eigenvalue weighted by Gasteiger charge is 2.33. The van der Waals surface area contributed by atoms with Crippen LogP contribution in [0.4, 0.5) is 11.4 Å². The maximum absolute atomic E-state index is 13.7. The number of rotatable bonds is 6. The molecule has 0 bridgehead atoms. The molecule has 2 aliphatic heterocycles. The summed E-state index contributed by atoms with van der Waals surface area (Å²) in [5, 5.41) is 4.60. The Morgan fingerprint density at radius 2 is 1.57 bits per heavy atom. The number of nitrogens with two attached hydrogens (primary N) is 1. The highest BCUT2D eigenvalue weighted by molar-refractivity contribution is 6.08. The van der Waals surface area contributed by atoms with Crippen molar-refractivity contribution in [3.8, 4) is 11.4 Å². The van der Waals surface area contributed by atoms with Gasteiger partial charge in [0.15, 0.2) is 0 Å². The van der Waals surface area contributed by atoms with E-state index in [0.717, 1.165) is 29.8 Å². The van der Waals surface area contributed by atoms with Crippen molar-refractivity contribution >= 4 is 29.1 Å². The van der Waals surface area contributed by atoms with Crippen LogP contribution in [0.15, 0.2) is 48.5 Å². The van der Waals surface area contributed by atoms with E-state index in [4.69, 9.17) is 10.5 Å². The van der Waals surface area contributed by atoms with Crippen molar-refractivity contribution < 1.29 is 19.1 Å². The summed E-state index contributed by atoms with van der Waals surface area (Å²) in [6.45, 7) is 1.17. The van der Waals surface area contributed by atoms with Crippen LogP contribution in [0.5, 0.6) is 5.75 Å². The van der Waals surface area contributed by atoms with Crippen molar-refractivity contribution in [3.05, 3.63) is 65.5 Å². The van der Waals surface area contributed by atoms with Crippen LogP contribution in [-0.4, -0.2) is 47.7 Å². The number of nitrogens with zero attached hydrogens (tertiary/aromatic N) is 4. The van der Waals surface area contributed by atoms with Crippen molar-refractivity contribution in [1.29, 1.82) is 0 Å². The van der Waals surface area contributed by atoms with E-state index in [1.165, 1.54) is 0 Å². The first-order valence-corrected chi connectivity index (χ1v) is 11.7. The number of fused-ring (bicyclic) bond motifs is 1. The third-order valence-corrected chi connectivity index (χ3v) is 6.55. The summed E-state index contributed by atoms with van der Waals surface area (Å²) in [6.07, 6.45) is 3.00. The van der Waals surface area contributed by atoms with Gasteiger partial charge in [0.25, 0.3) is 5.91 Å². The number of anilines is 2. The molecular formula is C26H27N5O4. The molecule has 0 saturated carbocycles. The number of aromatic nitrogens is 2. The first-order valence-electron chi connectivity index (χ1n) is 11.7. The fourth-order valence-corrected chi connectivity index (χ4v) is 4.79. The molecule has 3 aromatic rings. The van der Waals surface area contributed by atoms with Gasteiger partial charge < -0.3 is 20.3 Å². The predicted molar refractivity (Wildman–Crippen MR) is 131 cm³/mol. The van der Waals surface area contributed by atoms with E-state index >= 15 is 0 Å². The van der Waals surface area contributed by atoms with Crippen LogP contribution in [-0.2, 0) is 22.4 Å². The molecule has 9 heteroatoms. The van der Waals surface area contributed by atoms with E-state index in [0.29, 0.717) is 48.8 Å². The second kappa shape index (κ2) is 9.25. The number of piperidine rings is 1. The SMILES string of the molecule is COc1ccc(-n2nc(CC(N)=O)c3c2C(=O)N(c2ccc(N4CCCCC4=O)cc2)CC3)cc1. The Labute approximate surface area is 203 Å². The number of amides is 3. The lowest BCUT2D eigenvalue weighted by Gasteiger charge is -2.30. The smallest absolute Gasteiger partial charge is 0.277 e. The third kappa shape index (κ3) is 4.25. The Kier molecular flexibility index (Phi) is 5.98. The second-order valence-electron chi connectivity index (χ2n) is 8.75. The molecule has 35 heavy (non-hydrogen) atoms. The Morgan fingerprint density at radius 1 is 0.914 bits per heavy atom. The molecule has 2 N–H and O–H groups in total. The number of hydrogen-bond donors (Lipinski definition) is 1. The van der Waals surface area contributed by atoms with Gasteiger partial charge in [-0.05, 0) is 67.8 Å². The number of benzene rings is 2. The second-order valence-corrected chi connectivity index (χ2v) is 8.75. The average Bonchev–Trinajstić information content (AvgIpc) is 3.23. The largest absolute Gasteiger partial charge is 0.497 e. The van der Waals surface area contributed by atoms with Gasteiger partial charge in [-0.3, -0.25) is 14.4 Å². The molecule has 9 nitrogen and oxygen atoms in total. The van der Waals surface area contributed by atoms with Crippen LogP contribution >= 0.6 is 0 Å². The van der Waals surface area contributed by atoms with E-state index in [1.807, 2.05) is 36.4 Å². The summed E-state index contributed by atoms with van der Waals surface area (Å²) >= 11 is 0. The summed E-state index contributed by atoms with van der Waals surface area (Å²) in [6, 6.07) is 14.7. The van der Waals surface area contributed by atoms with E-state index in [-0.39, 0.29) is 18.2 Å². The highest BCUT2D eigenvalue weighted by atomic mass is 16.5. The van der Waals surface area contributed by atoms with Crippen molar-refractivity contribution in [1.82, 2.24) is 9.78 Å². The molecule has 1 saturated heterocycles. The van der Waals surface area contributed by atoms with E-state index in [2.05, 4.69) is 5.10 Å². The minimum atomic E-state index is -0.495. The lowest BCUT2D eigenvalue weighted by atomic mass is 10.0. The molecule has 1 aromatic heterocycles. The van der Waals surface area contributed by atoms with Crippen molar-refractivity contribution in [2.45, 2.75) is 32.1 Å². The minimum Gasteiger partial charge on any atom is -0.497 e. The van der Waals surface area contributed by atoms with Crippen LogP contribution in [0.3, 0.4) is 0 Å². The van der Waals surface area contributed by atoms with Crippen molar-refractivity contribution in [2.75, 3.05) is 30.0 Å². The third-order valence-electron chi connectivity index (χ3n) is 6.55. The number of carbonyl (C=O) groups excluding carboxylic acids is 3. The average molecular weight is 474 g/mol. The maximum atomic E-state index is 13.7. The Balaban J connectivity index is 1.49. The standard InChI is InChI=1S/C26H27N5O4/c1-35-20-11-9-19(10-12-20)31-25-21(22(28-31)16-23(27)32)13-15-30(26(25)34)18-7-5-17(6-8-18)29-14-3-2-4-24(29)33/h5-12H,2-4,13-16H2,1H3,(H2,27,32). The normalized spacial score (nSPS) is 15.8. The zero-order chi connectivity index (χ0) is 24.5. The van der Waals surface area contributed by atoms with Crippen molar-refractivity contribution in [3.63, 3.8) is 0 Å². The number of primary amides is 1. The predicted octanol–water partition coefficient (Wildman–Crippen LogP) is 2.63. The lowest BCUT2D eigenvalue weighted by Crippen LogP contribution is -2.39. The van der Waals surface area contributed by atoms with Gasteiger partial charge in [-0.2, -0.15) is 5.10 Å². The van der Waals surface area contributed by atoms with Gasteiger partial charge in [0.05, 0.1) is 24.9 Å². The zero-order valence-corrected chi connectivity index (χ0v) is 19.6. The number of hydrogen-bond acceptors (Lipinski definition) is 5. The first kappa shape index (κ1) is 22.6. The van der Waals surface area contributed by atoms with Crippen LogP contribution in [0.2, 0.25) is 0 Å². The van der Waals surface area contributed by atoms with E-state index in [9.17, 15) is 14.4 Å². The van der Waals surface area contributed by atoms with E-state index in [1.54, 1.807) is 33.7 Å². The molecule has 180 valence electrons. The van der Waals surface area contributed by atoms with Crippen LogP contribution in [0.1, 0.15) is 41.0 Å². The monoisotopic (exact) mass is 473 g/mol. The van der Waals surface area contributed by atoms with Crippen LogP contribution < -0.4 is 20.3 Å².